The summed E-state index contributed by atoms with van der Waals surface area (Å²) in [5.41, 5.74) is 4.15. The Morgan fingerprint density at radius 2 is 2.09 bits per heavy atom. The van der Waals surface area contributed by atoms with E-state index in [9.17, 15) is 4.79 Å². The molecular formula is C17H16N2O3S. The molecule has 1 aromatic heterocycles. The number of hydrogen-bond acceptors (Lipinski definition) is 5. The van der Waals surface area contributed by atoms with Crippen LogP contribution in [-0.4, -0.2) is 18.0 Å². The zero-order valence-corrected chi connectivity index (χ0v) is 13.4. The number of thiazole rings is 1. The summed E-state index contributed by atoms with van der Waals surface area (Å²) >= 11 is 1.62. The number of ether oxygens (including phenoxy) is 1. The molecule has 2 aromatic carbocycles. The van der Waals surface area contributed by atoms with Gasteiger partial charge in [0.15, 0.2) is 0 Å². The molecule has 0 spiro atoms. The molecule has 0 atom stereocenters. The van der Waals surface area contributed by atoms with Gasteiger partial charge in [-0.25, -0.2) is 10.5 Å². The molecule has 5 nitrogen and oxygen atoms in total. The van der Waals surface area contributed by atoms with Crippen LogP contribution in [0.2, 0.25) is 0 Å². The van der Waals surface area contributed by atoms with Gasteiger partial charge in [0, 0.05) is 0 Å². The number of amides is 1. The average molecular weight is 328 g/mol. The van der Waals surface area contributed by atoms with Crippen molar-refractivity contribution in [3.8, 4) is 5.75 Å². The van der Waals surface area contributed by atoms with Gasteiger partial charge in [0.05, 0.1) is 23.7 Å². The molecule has 3 rings (SSSR count). The molecule has 0 saturated heterocycles. The normalized spacial score (nSPS) is 10.7. The smallest absolute Gasteiger partial charge is 0.247 e. The van der Waals surface area contributed by atoms with Crippen LogP contribution in [0.25, 0.3) is 10.2 Å². The molecule has 1 heterocycles. The van der Waals surface area contributed by atoms with Crippen molar-refractivity contribution in [3.05, 3.63) is 59.1 Å². The summed E-state index contributed by atoms with van der Waals surface area (Å²) in [7, 11) is 1.41. The van der Waals surface area contributed by atoms with E-state index in [0.29, 0.717) is 12.4 Å². The van der Waals surface area contributed by atoms with Crippen molar-refractivity contribution in [3.63, 3.8) is 0 Å². The van der Waals surface area contributed by atoms with Crippen LogP contribution in [0.5, 0.6) is 5.75 Å². The zero-order valence-electron chi connectivity index (χ0n) is 12.6. The average Bonchev–Trinajstić information content (AvgIpc) is 2.96. The van der Waals surface area contributed by atoms with Gasteiger partial charge in [-0.3, -0.25) is 9.63 Å². The Labute approximate surface area is 137 Å². The fourth-order valence-electron chi connectivity index (χ4n) is 2.21. The first-order chi connectivity index (χ1) is 11.2. The molecule has 0 aliphatic heterocycles. The van der Waals surface area contributed by atoms with Crippen molar-refractivity contribution in [1.82, 2.24) is 10.5 Å². The predicted molar refractivity (Wildman–Crippen MR) is 89.2 cm³/mol. The van der Waals surface area contributed by atoms with Crippen LogP contribution in [0.1, 0.15) is 10.6 Å². The number of rotatable bonds is 6. The van der Waals surface area contributed by atoms with Gasteiger partial charge in [-0.1, -0.05) is 24.3 Å². The van der Waals surface area contributed by atoms with Crippen molar-refractivity contribution in [1.29, 1.82) is 0 Å². The number of aromatic nitrogens is 1. The Kier molecular flexibility index (Phi) is 4.85. The number of benzene rings is 2. The highest BCUT2D eigenvalue weighted by atomic mass is 32.1. The van der Waals surface area contributed by atoms with E-state index in [0.717, 1.165) is 20.8 Å². The molecule has 1 amide bonds. The van der Waals surface area contributed by atoms with E-state index in [4.69, 9.17) is 4.74 Å². The van der Waals surface area contributed by atoms with E-state index in [2.05, 4.69) is 15.3 Å². The standard InChI is InChI=1S/C17H16N2O3S/c1-21-19-16(20)10-12-5-4-6-13(9-12)22-11-17-18-14-7-2-3-8-15(14)23-17/h2-9H,10-11H2,1H3,(H,19,20). The van der Waals surface area contributed by atoms with Crippen LogP contribution in [0, 0.1) is 0 Å². The maximum Gasteiger partial charge on any atom is 0.247 e. The molecule has 0 saturated carbocycles. The molecule has 0 fully saturated rings. The third-order valence-corrected chi connectivity index (χ3v) is 4.19. The number of carbonyl (C=O) groups excluding carboxylic acids is 1. The number of carbonyl (C=O) groups is 1. The van der Waals surface area contributed by atoms with Crippen molar-refractivity contribution in [2.45, 2.75) is 13.0 Å². The third kappa shape index (κ3) is 4.06. The van der Waals surface area contributed by atoms with Gasteiger partial charge in [-0.2, -0.15) is 0 Å². The SMILES string of the molecule is CONC(=O)Cc1cccc(OCc2nc3ccccc3s2)c1. The first kappa shape index (κ1) is 15.5. The summed E-state index contributed by atoms with van der Waals surface area (Å²) in [6.45, 7) is 0.410. The second kappa shape index (κ2) is 7.21. The Morgan fingerprint density at radius 1 is 1.22 bits per heavy atom. The third-order valence-electron chi connectivity index (χ3n) is 3.18. The molecule has 6 heteroatoms. The number of hydroxylamine groups is 1. The van der Waals surface area contributed by atoms with Crippen LogP contribution in [0.4, 0.5) is 0 Å². The van der Waals surface area contributed by atoms with Crippen LogP contribution >= 0.6 is 11.3 Å². The Hall–Kier alpha value is -2.44. The first-order valence-electron chi connectivity index (χ1n) is 7.12. The van der Waals surface area contributed by atoms with Crippen molar-refractivity contribution in [2.75, 3.05) is 7.11 Å². The van der Waals surface area contributed by atoms with Crippen LogP contribution in [0.15, 0.2) is 48.5 Å². The van der Waals surface area contributed by atoms with Crippen LogP contribution in [0.3, 0.4) is 0 Å². The molecule has 23 heavy (non-hydrogen) atoms. The fourth-order valence-corrected chi connectivity index (χ4v) is 3.09. The van der Waals surface area contributed by atoms with E-state index >= 15 is 0 Å². The fraction of sp³-hybridized carbons (Fsp3) is 0.176. The summed E-state index contributed by atoms with van der Waals surface area (Å²) < 4.78 is 6.94. The highest BCUT2D eigenvalue weighted by molar-refractivity contribution is 7.18. The summed E-state index contributed by atoms with van der Waals surface area (Å²) in [6, 6.07) is 15.5. The van der Waals surface area contributed by atoms with Gasteiger partial charge in [-0.15, -0.1) is 11.3 Å². The Balaban J connectivity index is 1.64. The minimum Gasteiger partial charge on any atom is -0.486 e. The topological polar surface area (TPSA) is 60.5 Å². The van der Waals surface area contributed by atoms with Gasteiger partial charge in [0.1, 0.15) is 17.4 Å². The molecular weight excluding hydrogens is 312 g/mol. The quantitative estimate of drug-likeness (QED) is 0.706. The maximum atomic E-state index is 11.5. The summed E-state index contributed by atoms with van der Waals surface area (Å²) in [4.78, 5) is 20.7. The number of fused-ring (bicyclic) bond motifs is 1. The molecule has 0 aliphatic rings. The predicted octanol–water partition coefficient (Wildman–Crippen LogP) is 3.10. The van der Waals surface area contributed by atoms with Gasteiger partial charge in [0.2, 0.25) is 5.91 Å². The zero-order chi connectivity index (χ0) is 16.1. The maximum absolute atomic E-state index is 11.5. The summed E-state index contributed by atoms with van der Waals surface area (Å²) in [5, 5.41) is 0.925. The van der Waals surface area contributed by atoms with E-state index in [1.165, 1.54) is 7.11 Å². The lowest BCUT2D eigenvalue weighted by Crippen LogP contribution is -2.23. The number of nitrogens with one attached hydrogen (secondary N) is 1. The summed E-state index contributed by atoms with van der Waals surface area (Å²) in [5.74, 6) is 0.516. The van der Waals surface area contributed by atoms with Crippen molar-refractivity contribution >= 4 is 27.5 Å². The molecule has 0 unspecified atom stereocenters. The highest BCUT2D eigenvalue weighted by Gasteiger charge is 2.06. The highest BCUT2D eigenvalue weighted by Crippen LogP contribution is 2.23. The molecule has 3 aromatic rings. The lowest BCUT2D eigenvalue weighted by Gasteiger charge is -2.06. The van der Waals surface area contributed by atoms with E-state index < -0.39 is 0 Å². The number of para-hydroxylation sites is 1. The molecule has 118 valence electrons. The minimum absolute atomic E-state index is 0.198. The van der Waals surface area contributed by atoms with E-state index in [-0.39, 0.29) is 12.3 Å². The van der Waals surface area contributed by atoms with Crippen LogP contribution in [-0.2, 0) is 22.7 Å². The van der Waals surface area contributed by atoms with Gasteiger partial charge >= 0.3 is 0 Å². The van der Waals surface area contributed by atoms with E-state index in [1.807, 2.05) is 48.5 Å². The van der Waals surface area contributed by atoms with E-state index in [1.54, 1.807) is 11.3 Å². The lowest BCUT2D eigenvalue weighted by molar-refractivity contribution is -0.130. The molecule has 0 radical (unpaired) electrons. The lowest BCUT2D eigenvalue weighted by atomic mass is 10.1. The van der Waals surface area contributed by atoms with Gasteiger partial charge in [0.25, 0.3) is 0 Å². The molecule has 0 bridgehead atoms. The summed E-state index contributed by atoms with van der Waals surface area (Å²) in [6.07, 6.45) is 0.242. The second-order valence-electron chi connectivity index (χ2n) is 4.92. The first-order valence-corrected chi connectivity index (χ1v) is 7.94. The molecule has 1 N–H and O–H groups in total. The second-order valence-corrected chi connectivity index (χ2v) is 6.03. The largest absolute Gasteiger partial charge is 0.486 e. The van der Waals surface area contributed by atoms with Crippen LogP contribution < -0.4 is 10.2 Å². The van der Waals surface area contributed by atoms with Gasteiger partial charge in [-0.05, 0) is 29.8 Å². The molecule has 0 aliphatic carbocycles. The Bertz CT molecular complexity index is 783. The van der Waals surface area contributed by atoms with Gasteiger partial charge < -0.3 is 4.74 Å². The van der Waals surface area contributed by atoms with Crippen molar-refractivity contribution in [2.24, 2.45) is 0 Å². The monoisotopic (exact) mass is 328 g/mol. The Morgan fingerprint density at radius 3 is 2.91 bits per heavy atom. The number of hydrogen-bond donors (Lipinski definition) is 1. The van der Waals surface area contributed by atoms with Crippen molar-refractivity contribution < 1.29 is 14.4 Å². The minimum atomic E-state index is -0.198. The number of nitrogens with zero attached hydrogens (tertiary/aromatic N) is 1.